The molecule has 0 fully saturated rings. The van der Waals surface area contributed by atoms with Gasteiger partial charge in [-0.25, -0.2) is 9.59 Å². The molecule has 0 unspecified atom stereocenters. The number of aromatic nitrogens is 1. The van der Waals surface area contributed by atoms with Crippen LogP contribution < -0.4 is 0 Å². The van der Waals surface area contributed by atoms with Gasteiger partial charge in [-0.3, -0.25) is 0 Å². The van der Waals surface area contributed by atoms with Crippen LogP contribution >= 0.6 is 0 Å². The largest absolute Gasteiger partial charge is 0.462 e. The molecule has 32 heavy (non-hydrogen) atoms. The summed E-state index contributed by atoms with van der Waals surface area (Å²) < 4.78 is 12.3. The normalized spacial score (nSPS) is 10.5. The maximum absolute atomic E-state index is 12.5. The van der Waals surface area contributed by atoms with Crippen LogP contribution in [0.15, 0.2) is 79.0 Å². The van der Waals surface area contributed by atoms with Crippen molar-refractivity contribution in [1.29, 1.82) is 5.26 Å². The van der Waals surface area contributed by atoms with E-state index >= 15 is 0 Å². The summed E-state index contributed by atoms with van der Waals surface area (Å²) in [6, 6.07) is 23.7. The van der Waals surface area contributed by atoms with Crippen molar-refractivity contribution >= 4 is 22.8 Å². The average Bonchev–Trinajstić information content (AvgIpc) is 3.21. The third-order valence-electron chi connectivity index (χ3n) is 5.03. The summed E-state index contributed by atoms with van der Waals surface area (Å²) in [6.07, 6.45) is 1.71. The predicted octanol–water partition coefficient (Wildman–Crippen LogP) is 5.04. The van der Waals surface area contributed by atoms with Crippen molar-refractivity contribution in [2.75, 3.05) is 6.61 Å². The Morgan fingerprint density at radius 1 is 0.906 bits per heavy atom. The van der Waals surface area contributed by atoms with Gasteiger partial charge in [-0.1, -0.05) is 30.3 Å². The Morgan fingerprint density at radius 3 is 2.28 bits per heavy atom. The molecule has 0 amide bonds. The average molecular weight is 424 g/mol. The molecular weight excluding hydrogens is 404 g/mol. The zero-order valence-electron chi connectivity index (χ0n) is 17.4. The molecule has 0 aliphatic heterocycles. The molecule has 3 aromatic carbocycles. The molecule has 6 nitrogen and oxygen atoms in total. The highest BCUT2D eigenvalue weighted by Crippen LogP contribution is 2.26. The van der Waals surface area contributed by atoms with Gasteiger partial charge in [0.25, 0.3) is 0 Å². The number of rotatable bonds is 6. The number of nitriles is 1. The summed E-state index contributed by atoms with van der Waals surface area (Å²) in [7, 11) is 0. The second-order valence-electron chi connectivity index (χ2n) is 7.09. The molecule has 0 atom stereocenters. The van der Waals surface area contributed by atoms with E-state index in [0.29, 0.717) is 28.7 Å². The van der Waals surface area contributed by atoms with E-state index in [0.717, 1.165) is 16.8 Å². The fraction of sp³-hybridized carbons (Fsp3) is 0.115. The molecule has 1 aromatic heterocycles. The topological polar surface area (TPSA) is 81.3 Å². The van der Waals surface area contributed by atoms with Crippen LogP contribution in [-0.2, 0) is 16.1 Å². The van der Waals surface area contributed by atoms with E-state index in [4.69, 9.17) is 9.47 Å². The first-order valence-electron chi connectivity index (χ1n) is 10.1. The Morgan fingerprint density at radius 2 is 1.59 bits per heavy atom. The molecule has 158 valence electrons. The minimum absolute atomic E-state index is 0.177. The number of hydrogen-bond acceptors (Lipinski definition) is 5. The zero-order valence-corrected chi connectivity index (χ0v) is 17.4. The maximum atomic E-state index is 12.5. The molecule has 0 aliphatic carbocycles. The van der Waals surface area contributed by atoms with Crippen molar-refractivity contribution in [1.82, 2.24) is 4.57 Å². The van der Waals surface area contributed by atoms with E-state index in [-0.39, 0.29) is 12.6 Å². The predicted molar refractivity (Wildman–Crippen MR) is 120 cm³/mol. The van der Waals surface area contributed by atoms with Gasteiger partial charge < -0.3 is 14.0 Å². The Balaban J connectivity index is 1.62. The first kappa shape index (κ1) is 20.9. The molecule has 0 spiro atoms. The summed E-state index contributed by atoms with van der Waals surface area (Å²) >= 11 is 0. The molecular formula is C26H20N2O4. The summed E-state index contributed by atoms with van der Waals surface area (Å²) in [5.41, 5.74) is 3.72. The third-order valence-corrected chi connectivity index (χ3v) is 5.03. The van der Waals surface area contributed by atoms with Crippen LogP contribution in [0, 0.1) is 11.3 Å². The summed E-state index contributed by atoms with van der Waals surface area (Å²) in [4.78, 5) is 24.4. The highest BCUT2D eigenvalue weighted by atomic mass is 16.5. The lowest BCUT2D eigenvalue weighted by Crippen LogP contribution is -2.05. The number of ether oxygens (including phenoxy) is 2. The lowest BCUT2D eigenvalue weighted by Gasteiger charge is -2.08. The van der Waals surface area contributed by atoms with Crippen LogP contribution in [-0.4, -0.2) is 23.1 Å². The van der Waals surface area contributed by atoms with Gasteiger partial charge >= 0.3 is 11.9 Å². The van der Waals surface area contributed by atoms with Crippen LogP contribution in [0.3, 0.4) is 0 Å². The molecule has 6 heteroatoms. The molecule has 0 aliphatic rings. The number of carbonyl (C=O) groups is 2. The van der Waals surface area contributed by atoms with Gasteiger partial charge in [-0.15, -0.1) is 0 Å². The first-order chi connectivity index (χ1) is 15.6. The van der Waals surface area contributed by atoms with Crippen LogP contribution in [0.25, 0.3) is 16.6 Å². The molecule has 0 saturated heterocycles. The molecule has 1 heterocycles. The minimum atomic E-state index is -0.453. The summed E-state index contributed by atoms with van der Waals surface area (Å²) in [5.74, 6) is -0.834. The second-order valence-corrected chi connectivity index (χ2v) is 7.09. The van der Waals surface area contributed by atoms with E-state index in [1.54, 1.807) is 55.6 Å². The molecule has 0 bridgehead atoms. The van der Waals surface area contributed by atoms with Gasteiger partial charge in [0.1, 0.15) is 12.7 Å². The van der Waals surface area contributed by atoms with Crippen molar-refractivity contribution in [2.45, 2.75) is 13.5 Å². The van der Waals surface area contributed by atoms with Crippen LogP contribution in [0.4, 0.5) is 0 Å². The fourth-order valence-corrected chi connectivity index (χ4v) is 3.44. The number of benzene rings is 3. The first-order valence-corrected chi connectivity index (χ1v) is 10.1. The monoisotopic (exact) mass is 424 g/mol. The van der Waals surface area contributed by atoms with Gasteiger partial charge in [0, 0.05) is 17.3 Å². The van der Waals surface area contributed by atoms with E-state index in [1.807, 2.05) is 34.9 Å². The highest BCUT2D eigenvalue weighted by Gasteiger charge is 2.15. The number of fused-ring (bicyclic) bond motifs is 1. The van der Waals surface area contributed by atoms with E-state index < -0.39 is 5.97 Å². The molecule has 4 rings (SSSR count). The van der Waals surface area contributed by atoms with Gasteiger partial charge in [-0.2, -0.15) is 5.26 Å². The number of esters is 2. The van der Waals surface area contributed by atoms with Gasteiger partial charge in [0.2, 0.25) is 0 Å². The lowest BCUT2D eigenvalue weighted by molar-refractivity contribution is 0.0471. The molecule has 0 saturated carbocycles. The SMILES string of the molecule is CCOC(=O)c1ccc(-n2cc(C#N)c3cc(C(=O)OCc4ccccc4)ccc32)cc1. The third kappa shape index (κ3) is 4.23. The molecule has 0 radical (unpaired) electrons. The highest BCUT2D eigenvalue weighted by molar-refractivity contribution is 5.97. The lowest BCUT2D eigenvalue weighted by atomic mass is 10.1. The van der Waals surface area contributed by atoms with Crippen molar-refractivity contribution in [2.24, 2.45) is 0 Å². The minimum Gasteiger partial charge on any atom is -0.462 e. The zero-order chi connectivity index (χ0) is 22.5. The smallest absolute Gasteiger partial charge is 0.338 e. The van der Waals surface area contributed by atoms with Gasteiger partial charge in [0.15, 0.2) is 0 Å². The van der Waals surface area contributed by atoms with Crippen molar-refractivity contribution < 1.29 is 19.1 Å². The standard InChI is InChI=1S/C26H20N2O4/c1-2-31-25(29)19-8-11-22(12-9-19)28-16-21(15-27)23-14-20(10-13-24(23)28)26(30)32-17-18-6-4-3-5-7-18/h3-14,16H,2,17H2,1H3. The number of nitrogens with zero attached hydrogens (tertiary/aromatic N) is 2. The van der Waals surface area contributed by atoms with E-state index in [1.165, 1.54) is 0 Å². The van der Waals surface area contributed by atoms with Gasteiger partial charge in [-0.05, 0) is 55.0 Å². The van der Waals surface area contributed by atoms with Crippen LogP contribution in [0.2, 0.25) is 0 Å². The maximum Gasteiger partial charge on any atom is 0.338 e. The van der Waals surface area contributed by atoms with E-state index in [2.05, 4.69) is 6.07 Å². The molecule has 0 N–H and O–H groups in total. The van der Waals surface area contributed by atoms with Crippen LogP contribution in [0.5, 0.6) is 0 Å². The van der Waals surface area contributed by atoms with Crippen molar-refractivity contribution in [3.05, 3.63) is 101 Å². The quantitative estimate of drug-likeness (QED) is 0.405. The Kier molecular flexibility index (Phi) is 6.00. The Labute approximate surface area is 185 Å². The Bertz CT molecular complexity index is 1320. The van der Waals surface area contributed by atoms with Crippen molar-refractivity contribution in [3.63, 3.8) is 0 Å². The number of hydrogen-bond donors (Lipinski definition) is 0. The number of carbonyl (C=O) groups excluding carboxylic acids is 2. The van der Waals surface area contributed by atoms with Gasteiger partial charge in [0.05, 0.1) is 28.8 Å². The van der Waals surface area contributed by atoms with E-state index in [9.17, 15) is 14.9 Å². The van der Waals surface area contributed by atoms with Crippen molar-refractivity contribution in [3.8, 4) is 11.8 Å². The second kappa shape index (κ2) is 9.19. The fourth-order valence-electron chi connectivity index (χ4n) is 3.44. The van der Waals surface area contributed by atoms with Crippen LogP contribution in [0.1, 0.15) is 38.8 Å². The summed E-state index contributed by atoms with van der Waals surface area (Å²) in [5, 5.41) is 10.3. The molecule has 4 aromatic rings. The Hall–Kier alpha value is -4.37. The summed E-state index contributed by atoms with van der Waals surface area (Å²) in [6.45, 7) is 2.24.